The second-order valence-electron chi connectivity index (χ2n) is 4.79. The third kappa shape index (κ3) is 3.96. The van der Waals surface area contributed by atoms with Crippen molar-refractivity contribution in [1.82, 2.24) is 4.98 Å². The van der Waals surface area contributed by atoms with Crippen LogP contribution in [0.25, 0.3) is 0 Å². The zero-order valence-electron chi connectivity index (χ0n) is 12.4. The van der Waals surface area contributed by atoms with Crippen LogP contribution in [0.1, 0.15) is 34.1 Å². The molecular weight excluding hydrogens is 360 g/mol. The van der Waals surface area contributed by atoms with Crippen LogP contribution in [-0.4, -0.2) is 16.5 Å². The number of hydrogen-bond acceptors (Lipinski definition) is 4. The minimum atomic E-state index is 0.0295. The van der Waals surface area contributed by atoms with Crippen molar-refractivity contribution in [3.8, 4) is 6.07 Å². The van der Waals surface area contributed by atoms with E-state index in [1.807, 2.05) is 32.0 Å². The molecule has 0 fully saturated rings. The van der Waals surface area contributed by atoms with Crippen molar-refractivity contribution >= 4 is 33.5 Å². The lowest BCUT2D eigenvalue weighted by Crippen LogP contribution is -2.04. The monoisotopic (exact) mass is 374 g/mol. The highest BCUT2D eigenvalue weighted by Crippen LogP contribution is 2.24. The summed E-state index contributed by atoms with van der Waals surface area (Å²) in [6.45, 7) is 3.98. The molecular formula is C17H15BrN2OS. The molecule has 112 valence electrons. The number of Topliss-reactive ketones (excluding diaryl/α,β-unsaturated/α-hetero) is 1. The first-order valence-electron chi connectivity index (χ1n) is 6.87. The lowest BCUT2D eigenvalue weighted by atomic mass is 10.1. The van der Waals surface area contributed by atoms with Crippen LogP contribution in [0.3, 0.4) is 0 Å². The van der Waals surface area contributed by atoms with Crippen LogP contribution >= 0.6 is 27.7 Å². The Bertz CT molecular complexity index is 736. The van der Waals surface area contributed by atoms with Gasteiger partial charge in [0.15, 0.2) is 5.78 Å². The topological polar surface area (TPSA) is 53.8 Å². The summed E-state index contributed by atoms with van der Waals surface area (Å²) in [5.41, 5.74) is 3.18. The van der Waals surface area contributed by atoms with Crippen molar-refractivity contribution in [2.45, 2.75) is 25.3 Å². The lowest BCUT2D eigenvalue weighted by Gasteiger charge is -2.08. The maximum atomic E-state index is 12.2. The largest absolute Gasteiger partial charge is 0.293 e. The number of nitrogens with zero attached hydrogens (tertiary/aromatic N) is 2. The normalized spacial score (nSPS) is 10.3. The second-order valence-corrected chi connectivity index (χ2v) is 6.67. The summed E-state index contributed by atoms with van der Waals surface area (Å²) >= 11 is 4.67. The molecule has 1 aromatic carbocycles. The van der Waals surface area contributed by atoms with Gasteiger partial charge in [-0.05, 0) is 37.1 Å². The van der Waals surface area contributed by atoms with E-state index < -0.39 is 0 Å². The molecule has 0 N–H and O–H groups in total. The number of ketones is 1. The van der Waals surface area contributed by atoms with Crippen LogP contribution in [0, 0.1) is 18.3 Å². The number of carbonyl (C=O) groups is 1. The zero-order chi connectivity index (χ0) is 16.1. The number of aryl methyl sites for hydroxylation is 2. The van der Waals surface area contributed by atoms with Gasteiger partial charge in [-0.25, -0.2) is 4.98 Å². The molecule has 22 heavy (non-hydrogen) atoms. The number of nitriles is 1. The molecule has 0 amide bonds. The quantitative estimate of drug-likeness (QED) is 0.568. The van der Waals surface area contributed by atoms with Crippen molar-refractivity contribution in [2.24, 2.45) is 0 Å². The van der Waals surface area contributed by atoms with E-state index in [1.54, 1.807) is 12.1 Å². The lowest BCUT2D eigenvalue weighted by molar-refractivity contribution is 0.102. The van der Waals surface area contributed by atoms with Crippen molar-refractivity contribution in [2.75, 3.05) is 5.75 Å². The summed E-state index contributed by atoms with van der Waals surface area (Å²) < 4.78 is 0.941. The van der Waals surface area contributed by atoms with E-state index >= 15 is 0 Å². The van der Waals surface area contributed by atoms with Crippen LogP contribution in [0.15, 0.2) is 39.8 Å². The number of thioether (sulfide) groups is 1. The first-order valence-corrected chi connectivity index (χ1v) is 8.65. The number of hydrogen-bond donors (Lipinski definition) is 0. The number of aromatic nitrogens is 1. The van der Waals surface area contributed by atoms with Crippen LogP contribution in [0.4, 0.5) is 0 Å². The van der Waals surface area contributed by atoms with E-state index in [0.717, 1.165) is 22.2 Å². The van der Waals surface area contributed by atoms with E-state index in [1.165, 1.54) is 11.8 Å². The molecule has 1 aromatic heterocycles. The van der Waals surface area contributed by atoms with Gasteiger partial charge in [0.1, 0.15) is 11.1 Å². The Morgan fingerprint density at radius 2 is 2.05 bits per heavy atom. The standard InChI is InChI=1S/C17H15BrN2OS/c1-3-15-11(2)8-13(9-19)17(20-15)22-10-16(21)12-4-6-14(18)7-5-12/h4-8H,3,10H2,1-2H3. The number of carbonyl (C=O) groups excluding carboxylic acids is 1. The Kier molecular flexibility index (Phi) is 5.76. The number of benzene rings is 1. The van der Waals surface area contributed by atoms with Crippen LogP contribution in [0.2, 0.25) is 0 Å². The van der Waals surface area contributed by atoms with Crippen molar-refractivity contribution in [3.05, 3.63) is 57.2 Å². The molecule has 1 heterocycles. The molecule has 0 aliphatic carbocycles. The summed E-state index contributed by atoms with van der Waals surface area (Å²) in [5.74, 6) is 0.303. The predicted octanol–water partition coefficient (Wildman–Crippen LogP) is 4.56. The van der Waals surface area contributed by atoms with E-state index in [4.69, 9.17) is 0 Å². The molecule has 2 aromatic rings. The van der Waals surface area contributed by atoms with Crippen LogP contribution < -0.4 is 0 Å². The fraction of sp³-hybridized carbons (Fsp3) is 0.235. The Labute approximate surface area is 142 Å². The van der Waals surface area contributed by atoms with Gasteiger partial charge in [-0.1, -0.05) is 46.7 Å². The van der Waals surface area contributed by atoms with Gasteiger partial charge in [0.05, 0.1) is 11.3 Å². The van der Waals surface area contributed by atoms with Crippen LogP contribution in [-0.2, 0) is 6.42 Å². The fourth-order valence-electron chi connectivity index (χ4n) is 2.03. The molecule has 0 radical (unpaired) electrons. The van der Waals surface area contributed by atoms with Gasteiger partial charge in [0.25, 0.3) is 0 Å². The van der Waals surface area contributed by atoms with Gasteiger partial charge >= 0.3 is 0 Å². The van der Waals surface area contributed by atoms with Gasteiger partial charge in [-0.2, -0.15) is 5.26 Å². The van der Waals surface area contributed by atoms with Crippen molar-refractivity contribution < 1.29 is 4.79 Å². The average molecular weight is 375 g/mol. The molecule has 5 heteroatoms. The fourth-order valence-corrected chi connectivity index (χ4v) is 3.17. The highest BCUT2D eigenvalue weighted by Gasteiger charge is 2.12. The minimum absolute atomic E-state index is 0.0295. The Hall–Kier alpha value is -1.64. The van der Waals surface area contributed by atoms with Crippen molar-refractivity contribution in [3.63, 3.8) is 0 Å². The molecule has 0 saturated heterocycles. The van der Waals surface area contributed by atoms with Gasteiger partial charge < -0.3 is 0 Å². The molecule has 0 atom stereocenters. The molecule has 0 saturated carbocycles. The molecule has 2 rings (SSSR count). The first kappa shape index (κ1) is 16.7. The molecule has 3 nitrogen and oxygen atoms in total. The molecule has 0 bridgehead atoms. The average Bonchev–Trinajstić information content (AvgIpc) is 2.53. The van der Waals surface area contributed by atoms with E-state index in [2.05, 4.69) is 27.0 Å². The summed E-state index contributed by atoms with van der Waals surface area (Å²) in [7, 11) is 0. The highest BCUT2D eigenvalue weighted by atomic mass is 79.9. The Morgan fingerprint density at radius 3 is 2.64 bits per heavy atom. The first-order chi connectivity index (χ1) is 10.5. The number of halogens is 1. The SMILES string of the molecule is CCc1nc(SCC(=O)c2ccc(Br)cc2)c(C#N)cc1C. The van der Waals surface area contributed by atoms with Gasteiger partial charge in [0.2, 0.25) is 0 Å². The Morgan fingerprint density at radius 1 is 1.36 bits per heavy atom. The van der Waals surface area contributed by atoms with Crippen molar-refractivity contribution in [1.29, 1.82) is 5.26 Å². The van der Waals surface area contributed by atoms with E-state index in [-0.39, 0.29) is 11.5 Å². The van der Waals surface area contributed by atoms with Gasteiger partial charge in [-0.15, -0.1) is 0 Å². The maximum Gasteiger partial charge on any atom is 0.173 e. The third-order valence-electron chi connectivity index (χ3n) is 3.24. The van der Waals surface area contributed by atoms with Gasteiger partial charge in [0, 0.05) is 15.7 Å². The Balaban J connectivity index is 2.15. The van der Waals surface area contributed by atoms with Crippen LogP contribution in [0.5, 0.6) is 0 Å². The highest BCUT2D eigenvalue weighted by molar-refractivity contribution is 9.10. The van der Waals surface area contributed by atoms with Gasteiger partial charge in [-0.3, -0.25) is 4.79 Å². The minimum Gasteiger partial charge on any atom is -0.293 e. The molecule has 0 unspecified atom stereocenters. The molecule has 0 aliphatic heterocycles. The smallest absolute Gasteiger partial charge is 0.173 e. The number of pyridine rings is 1. The summed E-state index contributed by atoms with van der Waals surface area (Å²) in [5, 5.41) is 9.86. The third-order valence-corrected chi connectivity index (χ3v) is 4.76. The second kappa shape index (κ2) is 7.57. The number of rotatable bonds is 5. The summed E-state index contributed by atoms with van der Waals surface area (Å²) in [4.78, 5) is 16.7. The van der Waals surface area contributed by atoms with E-state index in [0.29, 0.717) is 16.2 Å². The predicted molar refractivity (Wildman–Crippen MR) is 92.3 cm³/mol. The van der Waals surface area contributed by atoms with E-state index in [9.17, 15) is 10.1 Å². The maximum absolute atomic E-state index is 12.2. The molecule has 0 spiro atoms. The summed E-state index contributed by atoms with van der Waals surface area (Å²) in [6, 6.07) is 11.3. The zero-order valence-corrected chi connectivity index (χ0v) is 14.8. The summed E-state index contributed by atoms with van der Waals surface area (Å²) in [6.07, 6.45) is 0.811. The molecule has 0 aliphatic rings.